The Labute approximate surface area is 162 Å². The predicted octanol–water partition coefficient (Wildman–Crippen LogP) is 1.30. The molecule has 0 unspecified atom stereocenters. The van der Waals surface area contributed by atoms with Gasteiger partial charge in [-0.25, -0.2) is 32.2 Å². The van der Waals surface area contributed by atoms with Crippen molar-refractivity contribution < 1.29 is 22.6 Å². The molecule has 0 saturated carbocycles. The molecule has 3 aromatic rings. The number of rotatable bonds is 6. The smallest absolute Gasteiger partial charge is 0.259 e. The van der Waals surface area contributed by atoms with Crippen LogP contribution in [0.5, 0.6) is 0 Å². The van der Waals surface area contributed by atoms with Gasteiger partial charge in [0.2, 0.25) is 0 Å². The molecule has 0 aliphatic rings. The van der Waals surface area contributed by atoms with Crippen LogP contribution in [0.2, 0.25) is 5.02 Å². The van der Waals surface area contributed by atoms with E-state index in [4.69, 9.17) is 17.0 Å². The van der Waals surface area contributed by atoms with E-state index < -0.39 is 21.7 Å². The number of hydroxylamine groups is 1. The maximum absolute atomic E-state index is 13.3. The molecule has 0 bridgehead atoms. The van der Waals surface area contributed by atoms with Crippen LogP contribution in [0.1, 0.15) is 11.4 Å². The van der Waals surface area contributed by atoms with Gasteiger partial charge in [-0.15, -0.1) is 0 Å². The molecular formula is C14H13ClFN7O4S. The van der Waals surface area contributed by atoms with Crippen LogP contribution >= 0.6 is 11.6 Å². The second-order valence-electron chi connectivity index (χ2n) is 5.52. The van der Waals surface area contributed by atoms with Crippen LogP contribution in [0.3, 0.4) is 0 Å². The van der Waals surface area contributed by atoms with Gasteiger partial charge in [-0.3, -0.25) is 10.6 Å². The summed E-state index contributed by atoms with van der Waals surface area (Å²) in [5, 5.41) is 25.2. The third kappa shape index (κ3) is 4.01. The summed E-state index contributed by atoms with van der Waals surface area (Å²) in [5.41, 5.74) is -0.303. The van der Waals surface area contributed by atoms with E-state index in [1.54, 1.807) is 7.05 Å². The van der Waals surface area contributed by atoms with Crippen LogP contribution in [-0.4, -0.2) is 39.3 Å². The summed E-state index contributed by atoms with van der Waals surface area (Å²) in [5.74, 6) is -1.28. The van der Waals surface area contributed by atoms with Gasteiger partial charge in [0, 0.05) is 13.2 Å². The molecule has 1 aromatic carbocycles. The second-order valence-corrected chi connectivity index (χ2v) is 7.64. The van der Waals surface area contributed by atoms with Crippen LogP contribution < -0.4 is 9.79 Å². The summed E-state index contributed by atoms with van der Waals surface area (Å²) in [6, 6.07) is 3.30. The van der Waals surface area contributed by atoms with E-state index in [1.807, 2.05) is 0 Å². The van der Waals surface area contributed by atoms with Gasteiger partial charge in [0.25, 0.3) is 10.0 Å². The van der Waals surface area contributed by atoms with Gasteiger partial charge in [0.15, 0.2) is 16.6 Å². The quantitative estimate of drug-likeness (QED) is 0.301. The summed E-state index contributed by atoms with van der Waals surface area (Å²) in [4.78, 5) is 3.75. The molecule has 148 valence electrons. The minimum absolute atomic E-state index is 0.0144. The first-order chi connectivity index (χ1) is 13.2. The monoisotopic (exact) mass is 429 g/mol. The summed E-state index contributed by atoms with van der Waals surface area (Å²) < 4.78 is 46.0. The maximum Gasteiger partial charge on any atom is 0.259 e. The van der Waals surface area contributed by atoms with E-state index in [-0.39, 0.29) is 33.7 Å². The number of anilines is 1. The molecule has 0 aliphatic heterocycles. The van der Waals surface area contributed by atoms with E-state index in [9.17, 15) is 18.0 Å². The first-order valence-corrected chi connectivity index (χ1v) is 9.37. The van der Waals surface area contributed by atoms with Crippen LogP contribution in [0.25, 0.3) is 0 Å². The second kappa shape index (κ2) is 7.63. The standard InChI is InChI=1S/C14H13ClFN7O4S/c1-22-6-12(18-7-22)28(25,26)19-5-11-13(21-27-20-11)14(17)23(24)8-2-3-10(16)9(15)4-8/h2-4,6-7,17,19,24H,5H2,1H3. The Balaban J connectivity index is 1.77. The molecule has 2 aromatic heterocycles. The highest BCUT2D eigenvalue weighted by Gasteiger charge is 2.24. The van der Waals surface area contributed by atoms with Crippen LogP contribution in [0, 0.1) is 11.2 Å². The Morgan fingerprint density at radius 3 is 2.86 bits per heavy atom. The number of hydrogen-bond donors (Lipinski definition) is 3. The van der Waals surface area contributed by atoms with Crippen molar-refractivity contribution >= 4 is 33.1 Å². The van der Waals surface area contributed by atoms with E-state index in [2.05, 4.69) is 24.6 Å². The number of hydrogen-bond acceptors (Lipinski definition) is 8. The van der Waals surface area contributed by atoms with E-state index in [1.165, 1.54) is 23.2 Å². The highest BCUT2D eigenvalue weighted by atomic mass is 35.5. The van der Waals surface area contributed by atoms with Crippen molar-refractivity contribution in [3.8, 4) is 0 Å². The lowest BCUT2D eigenvalue weighted by atomic mass is 10.2. The van der Waals surface area contributed by atoms with E-state index in [0.29, 0.717) is 5.06 Å². The number of halogens is 2. The average Bonchev–Trinajstić information content (AvgIpc) is 3.30. The molecule has 28 heavy (non-hydrogen) atoms. The molecule has 0 spiro atoms. The Morgan fingerprint density at radius 2 is 2.21 bits per heavy atom. The number of amidine groups is 1. The number of aromatic nitrogens is 4. The Kier molecular flexibility index (Phi) is 5.42. The van der Waals surface area contributed by atoms with Gasteiger partial charge < -0.3 is 4.57 Å². The molecule has 3 N–H and O–H groups in total. The van der Waals surface area contributed by atoms with Gasteiger partial charge in [-0.2, -0.15) is 0 Å². The zero-order valence-corrected chi connectivity index (χ0v) is 15.7. The zero-order chi connectivity index (χ0) is 20.5. The van der Waals surface area contributed by atoms with E-state index >= 15 is 0 Å². The minimum atomic E-state index is -3.94. The maximum atomic E-state index is 13.3. The zero-order valence-electron chi connectivity index (χ0n) is 14.2. The first-order valence-electron chi connectivity index (χ1n) is 7.51. The van der Waals surface area contributed by atoms with Crippen molar-refractivity contribution in [1.82, 2.24) is 24.6 Å². The third-order valence-corrected chi connectivity index (χ3v) is 5.10. The lowest BCUT2D eigenvalue weighted by Gasteiger charge is -2.16. The minimum Gasteiger partial charge on any atom is -0.339 e. The molecule has 3 rings (SSSR count). The summed E-state index contributed by atoms with van der Waals surface area (Å²) >= 11 is 5.66. The fourth-order valence-electron chi connectivity index (χ4n) is 2.11. The Hall–Kier alpha value is -2.87. The van der Waals surface area contributed by atoms with Crippen molar-refractivity contribution in [2.24, 2.45) is 7.05 Å². The molecule has 14 heteroatoms. The molecule has 11 nitrogen and oxygen atoms in total. The van der Waals surface area contributed by atoms with Crippen molar-refractivity contribution in [1.29, 1.82) is 5.41 Å². The number of aryl methyl sites for hydroxylation is 1. The molecule has 0 atom stereocenters. The SMILES string of the molecule is Cn1cnc(S(=O)(=O)NCc2nonc2C(=N)N(O)c2ccc(F)c(Cl)c2)c1. The third-order valence-electron chi connectivity index (χ3n) is 3.53. The van der Waals surface area contributed by atoms with Gasteiger partial charge in [0.05, 0.1) is 23.6 Å². The summed E-state index contributed by atoms with van der Waals surface area (Å²) in [6.07, 6.45) is 2.63. The van der Waals surface area contributed by atoms with Crippen molar-refractivity contribution in [2.45, 2.75) is 11.6 Å². The van der Waals surface area contributed by atoms with E-state index in [0.717, 1.165) is 12.1 Å². The molecule has 2 heterocycles. The number of imidazole rings is 1. The molecule has 0 amide bonds. The largest absolute Gasteiger partial charge is 0.339 e. The van der Waals surface area contributed by atoms with Crippen molar-refractivity contribution in [3.63, 3.8) is 0 Å². The fourth-order valence-corrected chi connectivity index (χ4v) is 3.25. The van der Waals surface area contributed by atoms with Crippen LogP contribution in [-0.2, 0) is 23.6 Å². The van der Waals surface area contributed by atoms with Crippen LogP contribution in [0.15, 0.2) is 40.4 Å². The Morgan fingerprint density at radius 1 is 1.46 bits per heavy atom. The van der Waals surface area contributed by atoms with Gasteiger partial charge >= 0.3 is 0 Å². The molecule has 0 saturated heterocycles. The highest BCUT2D eigenvalue weighted by molar-refractivity contribution is 7.89. The predicted molar refractivity (Wildman–Crippen MR) is 94.0 cm³/mol. The normalized spacial score (nSPS) is 11.6. The summed E-state index contributed by atoms with van der Waals surface area (Å²) in [6.45, 7) is -0.377. The van der Waals surface area contributed by atoms with Crippen molar-refractivity contribution in [2.75, 3.05) is 5.06 Å². The fraction of sp³-hybridized carbons (Fsp3) is 0.143. The topological polar surface area (TPSA) is 150 Å². The molecule has 0 radical (unpaired) electrons. The first kappa shape index (κ1) is 19.9. The highest BCUT2D eigenvalue weighted by Crippen LogP contribution is 2.23. The lowest BCUT2D eigenvalue weighted by Crippen LogP contribution is -2.30. The number of benzene rings is 1. The number of sulfonamides is 1. The Bertz CT molecular complexity index is 1130. The molecule has 0 fully saturated rings. The lowest BCUT2D eigenvalue weighted by molar-refractivity contribution is 0.297. The number of nitrogens with zero attached hydrogens (tertiary/aromatic N) is 5. The summed E-state index contributed by atoms with van der Waals surface area (Å²) in [7, 11) is -2.32. The van der Waals surface area contributed by atoms with Crippen LogP contribution in [0.4, 0.5) is 10.1 Å². The van der Waals surface area contributed by atoms with Crippen molar-refractivity contribution in [3.05, 3.63) is 53.0 Å². The van der Waals surface area contributed by atoms with Gasteiger partial charge in [-0.1, -0.05) is 16.8 Å². The molecule has 0 aliphatic carbocycles. The molecular weight excluding hydrogens is 417 g/mol. The average molecular weight is 430 g/mol. The number of nitrogens with one attached hydrogen (secondary N) is 2. The van der Waals surface area contributed by atoms with Gasteiger partial charge in [0.1, 0.15) is 11.5 Å². The van der Waals surface area contributed by atoms with Gasteiger partial charge in [-0.05, 0) is 23.4 Å².